The highest BCUT2D eigenvalue weighted by atomic mass is 16.5. The molecule has 0 aliphatic rings. The zero-order valence-electron chi connectivity index (χ0n) is 13.9. The van der Waals surface area contributed by atoms with E-state index in [0.717, 1.165) is 17.0 Å². The van der Waals surface area contributed by atoms with Crippen molar-refractivity contribution in [2.45, 2.75) is 13.5 Å². The van der Waals surface area contributed by atoms with Crippen LogP contribution in [0, 0.1) is 6.92 Å². The molecule has 5 heteroatoms. The molecule has 124 valence electrons. The zero-order valence-corrected chi connectivity index (χ0v) is 13.9. The number of rotatable bonds is 6. The van der Waals surface area contributed by atoms with E-state index in [0.29, 0.717) is 23.1 Å². The Bertz CT molecular complexity index is 789. The molecule has 0 saturated heterocycles. The van der Waals surface area contributed by atoms with Gasteiger partial charge < -0.3 is 18.6 Å². The number of methoxy groups -OCH3 is 2. The monoisotopic (exact) mass is 325 g/mol. The predicted molar refractivity (Wildman–Crippen MR) is 90.6 cm³/mol. The van der Waals surface area contributed by atoms with Crippen molar-refractivity contribution in [1.29, 1.82) is 0 Å². The first-order chi connectivity index (χ1) is 11.7. The van der Waals surface area contributed by atoms with Gasteiger partial charge in [0.05, 0.1) is 14.2 Å². The lowest BCUT2D eigenvalue weighted by Crippen LogP contribution is -2.01. The van der Waals surface area contributed by atoms with E-state index in [1.165, 1.54) is 0 Å². The van der Waals surface area contributed by atoms with Crippen LogP contribution in [-0.4, -0.2) is 19.2 Å². The number of oxazole rings is 1. The van der Waals surface area contributed by atoms with Crippen molar-refractivity contribution in [2.24, 2.45) is 0 Å². The fourth-order valence-corrected chi connectivity index (χ4v) is 2.37. The summed E-state index contributed by atoms with van der Waals surface area (Å²) < 4.78 is 22.3. The van der Waals surface area contributed by atoms with E-state index >= 15 is 0 Å². The minimum Gasteiger partial charge on any atom is -0.493 e. The third kappa shape index (κ3) is 3.20. The van der Waals surface area contributed by atoms with Gasteiger partial charge in [-0.2, -0.15) is 0 Å². The molecule has 0 bridgehead atoms. The number of aryl methyl sites for hydroxylation is 1. The zero-order chi connectivity index (χ0) is 16.9. The van der Waals surface area contributed by atoms with Crippen molar-refractivity contribution in [1.82, 2.24) is 4.98 Å². The first-order valence-electron chi connectivity index (χ1n) is 7.58. The molecule has 0 spiro atoms. The van der Waals surface area contributed by atoms with E-state index in [-0.39, 0.29) is 6.61 Å². The number of nitrogens with zero attached hydrogens (tertiary/aromatic N) is 1. The Hall–Kier alpha value is -2.95. The van der Waals surface area contributed by atoms with Crippen molar-refractivity contribution in [3.8, 4) is 28.7 Å². The number of hydrogen-bond acceptors (Lipinski definition) is 5. The highest BCUT2D eigenvalue weighted by molar-refractivity contribution is 5.53. The summed E-state index contributed by atoms with van der Waals surface area (Å²) in [5.41, 5.74) is 1.67. The van der Waals surface area contributed by atoms with Gasteiger partial charge >= 0.3 is 0 Å². The minimum absolute atomic E-state index is 0.263. The van der Waals surface area contributed by atoms with E-state index in [1.807, 2.05) is 55.5 Å². The van der Waals surface area contributed by atoms with Gasteiger partial charge in [-0.1, -0.05) is 24.3 Å². The fraction of sp³-hybridized carbons (Fsp3) is 0.211. The molecule has 0 N–H and O–H groups in total. The third-order valence-electron chi connectivity index (χ3n) is 3.65. The topological polar surface area (TPSA) is 53.7 Å². The second-order valence-electron chi connectivity index (χ2n) is 5.17. The Morgan fingerprint density at radius 3 is 2.21 bits per heavy atom. The fourth-order valence-electron chi connectivity index (χ4n) is 2.37. The molecule has 5 nitrogen and oxygen atoms in total. The Kier molecular flexibility index (Phi) is 4.70. The van der Waals surface area contributed by atoms with E-state index in [2.05, 4.69) is 4.98 Å². The first-order valence-corrected chi connectivity index (χ1v) is 7.58. The van der Waals surface area contributed by atoms with E-state index < -0.39 is 0 Å². The standard InChI is InChI=1S/C19H19NO4/c1-13-15(20-19(24-13)14-8-5-4-6-9-14)12-23-18-16(21-2)10-7-11-17(18)22-3/h4-11H,12H2,1-3H3. The van der Waals surface area contributed by atoms with Crippen molar-refractivity contribution in [2.75, 3.05) is 14.2 Å². The van der Waals surface area contributed by atoms with Crippen LogP contribution in [0.15, 0.2) is 52.9 Å². The summed E-state index contributed by atoms with van der Waals surface area (Å²) in [6, 6.07) is 15.3. The van der Waals surface area contributed by atoms with E-state index in [1.54, 1.807) is 14.2 Å². The van der Waals surface area contributed by atoms with Crippen molar-refractivity contribution < 1.29 is 18.6 Å². The second kappa shape index (κ2) is 7.08. The molecular formula is C19H19NO4. The summed E-state index contributed by atoms with van der Waals surface area (Å²) in [5.74, 6) is 3.07. The highest BCUT2D eigenvalue weighted by Crippen LogP contribution is 2.37. The first kappa shape index (κ1) is 15.9. The van der Waals surface area contributed by atoms with Gasteiger partial charge in [0, 0.05) is 5.56 Å². The molecule has 3 rings (SSSR count). The van der Waals surface area contributed by atoms with Crippen LogP contribution in [-0.2, 0) is 6.61 Å². The summed E-state index contributed by atoms with van der Waals surface area (Å²) in [6.45, 7) is 2.14. The van der Waals surface area contributed by atoms with Gasteiger partial charge in [-0.05, 0) is 31.2 Å². The summed E-state index contributed by atoms with van der Waals surface area (Å²) in [4.78, 5) is 4.53. The van der Waals surface area contributed by atoms with Gasteiger partial charge in [-0.15, -0.1) is 0 Å². The average molecular weight is 325 g/mol. The predicted octanol–water partition coefficient (Wildman–Crippen LogP) is 4.25. The highest BCUT2D eigenvalue weighted by Gasteiger charge is 2.15. The Labute approximate surface area is 140 Å². The van der Waals surface area contributed by atoms with Gasteiger partial charge in [-0.25, -0.2) is 4.98 Å². The normalized spacial score (nSPS) is 10.5. The van der Waals surface area contributed by atoms with Gasteiger partial charge in [-0.3, -0.25) is 0 Å². The smallest absolute Gasteiger partial charge is 0.226 e. The quantitative estimate of drug-likeness (QED) is 0.678. The number of benzene rings is 2. The van der Waals surface area contributed by atoms with Gasteiger partial charge in [0.25, 0.3) is 0 Å². The molecule has 0 radical (unpaired) electrons. The molecule has 24 heavy (non-hydrogen) atoms. The number of aromatic nitrogens is 1. The molecule has 0 fully saturated rings. The molecule has 0 aliphatic carbocycles. The molecule has 2 aromatic carbocycles. The maximum atomic E-state index is 5.89. The number of hydrogen-bond donors (Lipinski definition) is 0. The summed E-state index contributed by atoms with van der Waals surface area (Å²) in [5, 5.41) is 0. The third-order valence-corrected chi connectivity index (χ3v) is 3.65. The summed E-state index contributed by atoms with van der Waals surface area (Å²) in [7, 11) is 3.19. The minimum atomic E-state index is 0.263. The molecular weight excluding hydrogens is 306 g/mol. The van der Waals surface area contributed by atoms with Crippen LogP contribution in [0.2, 0.25) is 0 Å². The molecule has 0 amide bonds. The van der Waals surface area contributed by atoms with Crippen molar-refractivity contribution in [3.05, 3.63) is 60.0 Å². The van der Waals surface area contributed by atoms with Crippen LogP contribution in [0.25, 0.3) is 11.5 Å². The lowest BCUT2D eigenvalue weighted by atomic mass is 10.2. The lowest BCUT2D eigenvalue weighted by molar-refractivity contribution is 0.261. The van der Waals surface area contributed by atoms with Crippen LogP contribution in [0.3, 0.4) is 0 Å². The van der Waals surface area contributed by atoms with Gasteiger partial charge in [0.15, 0.2) is 11.5 Å². The molecule has 0 saturated carbocycles. The molecule has 1 aromatic heterocycles. The number of para-hydroxylation sites is 1. The second-order valence-corrected chi connectivity index (χ2v) is 5.17. The molecule has 0 unspecified atom stereocenters. The summed E-state index contributed by atoms with van der Waals surface area (Å²) in [6.07, 6.45) is 0. The maximum Gasteiger partial charge on any atom is 0.226 e. The van der Waals surface area contributed by atoms with Crippen LogP contribution in [0.4, 0.5) is 0 Å². The SMILES string of the molecule is COc1cccc(OC)c1OCc1nc(-c2ccccc2)oc1C. The Morgan fingerprint density at radius 2 is 1.58 bits per heavy atom. The van der Waals surface area contributed by atoms with E-state index in [9.17, 15) is 0 Å². The number of ether oxygens (including phenoxy) is 3. The molecule has 3 aromatic rings. The Morgan fingerprint density at radius 1 is 0.917 bits per heavy atom. The van der Waals surface area contributed by atoms with Crippen LogP contribution >= 0.6 is 0 Å². The van der Waals surface area contributed by atoms with Crippen LogP contribution in [0.5, 0.6) is 17.2 Å². The lowest BCUT2D eigenvalue weighted by Gasteiger charge is -2.13. The molecule has 1 heterocycles. The van der Waals surface area contributed by atoms with Crippen LogP contribution < -0.4 is 14.2 Å². The van der Waals surface area contributed by atoms with Gasteiger partial charge in [0.2, 0.25) is 11.6 Å². The van der Waals surface area contributed by atoms with E-state index in [4.69, 9.17) is 18.6 Å². The summed E-state index contributed by atoms with van der Waals surface area (Å²) >= 11 is 0. The largest absolute Gasteiger partial charge is 0.493 e. The van der Waals surface area contributed by atoms with Gasteiger partial charge in [0.1, 0.15) is 18.1 Å². The molecule has 0 aliphatic heterocycles. The van der Waals surface area contributed by atoms with Crippen molar-refractivity contribution in [3.63, 3.8) is 0 Å². The van der Waals surface area contributed by atoms with Crippen LogP contribution in [0.1, 0.15) is 11.5 Å². The van der Waals surface area contributed by atoms with Crippen molar-refractivity contribution >= 4 is 0 Å². The average Bonchev–Trinajstić information content (AvgIpc) is 3.01. The molecule has 0 atom stereocenters. The Balaban J connectivity index is 1.82. The maximum absolute atomic E-state index is 5.89.